The second kappa shape index (κ2) is 4.74. The van der Waals surface area contributed by atoms with Crippen LogP contribution in [0.5, 0.6) is 0 Å². The van der Waals surface area contributed by atoms with E-state index < -0.39 is 0 Å². The first-order valence-corrected chi connectivity index (χ1v) is 7.16. The summed E-state index contributed by atoms with van der Waals surface area (Å²) in [6, 6.07) is 21.9. The van der Waals surface area contributed by atoms with Crippen molar-refractivity contribution in [2.45, 2.75) is 0 Å². The maximum atomic E-state index is 5.99. The molecular weight excluding hydrogens is 270 g/mol. The first-order chi connectivity index (χ1) is 10.7. The van der Waals surface area contributed by atoms with Gasteiger partial charge < -0.3 is 11.5 Å². The van der Waals surface area contributed by atoms with E-state index in [0.717, 1.165) is 44.3 Å². The molecule has 106 valence electrons. The van der Waals surface area contributed by atoms with Crippen LogP contribution in [0.1, 0.15) is 0 Å². The molecule has 1 heterocycles. The molecule has 3 heteroatoms. The van der Waals surface area contributed by atoms with Crippen LogP contribution in [-0.4, -0.2) is 4.98 Å². The smallest absolute Gasteiger partial charge is 0.0788 e. The van der Waals surface area contributed by atoms with Crippen molar-refractivity contribution >= 4 is 33.1 Å². The van der Waals surface area contributed by atoms with Crippen molar-refractivity contribution in [2.24, 2.45) is 0 Å². The molecule has 3 aromatic carbocycles. The van der Waals surface area contributed by atoms with Crippen LogP contribution >= 0.6 is 0 Å². The number of benzene rings is 3. The molecule has 0 aliphatic rings. The second-order valence-electron chi connectivity index (χ2n) is 5.41. The van der Waals surface area contributed by atoms with Crippen LogP contribution in [-0.2, 0) is 0 Å². The van der Waals surface area contributed by atoms with Crippen molar-refractivity contribution in [3.05, 3.63) is 66.7 Å². The third kappa shape index (κ3) is 1.95. The van der Waals surface area contributed by atoms with Crippen LogP contribution in [0.2, 0.25) is 0 Å². The quantitative estimate of drug-likeness (QED) is 0.406. The Morgan fingerprint density at radius 3 is 2.09 bits per heavy atom. The summed E-state index contributed by atoms with van der Waals surface area (Å²) in [6.45, 7) is 0. The van der Waals surface area contributed by atoms with Gasteiger partial charge in [0.25, 0.3) is 0 Å². The minimum atomic E-state index is 0.727. The number of nitrogens with two attached hydrogens (primary N) is 2. The first kappa shape index (κ1) is 12.7. The van der Waals surface area contributed by atoms with Crippen molar-refractivity contribution in [3.63, 3.8) is 0 Å². The summed E-state index contributed by atoms with van der Waals surface area (Å²) < 4.78 is 0. The average molecular weight is 285 g/mol. The van der Waals surface area contributed by atoms with Crippen molar-refractivity contribution in [1.82, 2.24) is 4.98 Å². The Morgan fingerprint density at radius 1 is 0.636 bits per heavy atom. The molecule has 0 fully saturated rings. The van der Waals surface area contributed by atoms with Crippen LogP contribution in [0.4, 0.5) is 11.4 Å². The van der Waals surface area contributed by atoms with Crippen LogP contribution in [0.15, 0.2) is 66.7 Å². The zero-order valence-corrected chi connectivity index (χ0v) is 12.0. The summed E-state index contributed by atoms with van der Waals surface area (Å²) in [5, 5.41) is 3.19. The molecule has 3 nitrogen and oxygen atoms in total. The molecule has 0 bridgehead atoms. The zero-order valence-electron chi connectivity index (χ0n) is 12.0. The molecule has 0 aliphatic carbocycles. The largest absolute Gasteiger partial charge is 0.399 e. The molecule has 22 heavy (non-hydrogen) atoms. The lowest BCUT2D eigenvalue weighted by Gasteiger charge is -2.11. The molecule has 0 radical (unpaired) electrons. The lowest BCUT2D eigenvalue weighted by atomic mass is 9.99. The highest BCUT2D eigenvalue weighted by atomic mass is 14.7. The number of rotatable bonds is 1. The van der Waals surface area contributed by atoms with Gasteiger partial charge in [0.1, 0.15) is 0 Å². The predicted molar refractivity (Wildman–Crippen MR) is 93.5 cm³/mol. The number of nitrogens with zero attached hydrogens (tertiary/aromatic N) is 1. The second-order valence-corrected chi connectivity index (χ2v) is 5.41. The summed E-state index contributed by atoms with van der Waals surface area (Å²) in [5.41, 5.74) is 16.4. The molecule has 0 spiro atoms. The standard InChI is InChI=1S/C19H15N3/c20-13-6-8-15-16(10-13)17-11-14(21)7-9-18(17)22-19(15)12-4-2-1-3-5-12/h1-11H,20-21H2. The summed E-state index contributed by atoms with van der Waals surface area (Å²) in [7, 11) is 0. The van der Waals surface area contributed by atoms with E-state index in [1.165, 1.54) is 0 Å². The normalized spacial score (nSPS) is 11.1. The van der Waals surface area contributed by atoms with Gasteiger partial charge in [-0.05, 0) is 35.7 Å². The first-order valence-electron chi connectivity index (χ1n) is 7.16. The van der Waals surface area contributed by atoms with E-state index in [0.29, 0.717) is 0 Å². The van der Waals surface area contributed by atoms with Crippen LogP contribution in [0.25, 0.3) is 32.9 Å². The van der Waals surface area contributed by atoms with Crippen LogP contribution in [0, 0.1) is 0 Å². The number of hydrogen-bond donors (Lipinski definition) is 2. The molecule has 0 saturated carbocycles. The van der Waals surface area contributed by atoms with Crippen molar-refractivity contribution in [1.29, 1.82) is 0 Å². The monoisotopic (exact) mass is 285 g/mol. The number of nitrogen functional groups attached to an aromatic ring is 2. The van der Waals surface area contributed by atoms with Gasteiger partial charge in [0.2, 0.25) is 0 Å². The van der Waals surface area contributed by atoms with Crippen molar-refractivity contribution < 1.29 is 0 Å². The summed E-state index contributed by atoms with van der Waals surface area (Å²) in [4.78, 5) is 4.85. The number of hydrogen-bond acceptors (Lipinski definition) is 3. The molecule has 0 amide bonds. The Labute approximate surface area is 128 Å². The maximum absolute atomic E-state index is 5.99. The van der Waals surface area contributed by atoms with E-state index in [2.05, 4.69) is 12.1 Å². The molecule has 0 atom stereocenters. The van der Waals surface area contributed by atoms with Gasteiger partial charge in [0, 0.05) is 27.7 Å². The van der Waals surface area contributed by atoms with Gasteiger partial charge >= 0.3 is 0 Å². The molecule has 1 aromatic heterocycles. The van der Waals surface area contributed by atoms with E-state index in [1.54, 1.807) is 0 Å². The topological polar surface area (TPSA) is 64.9 Å². The van der Waals surface area contributed by atoms with Crippen molar-refractivity contribution in [3.8, 4) is 11.3 Å². The maximum Gasteiger partial charge on any atom is 0.0788 e. The number of aromatic nitrogens is 1. The Morgan fingerprint density at radius 2 is 1.32 bits per heavy atom. The highest BCUT2D eigenvalue weighted by molar-refractivity contribution is 6.12. The minimum Gasteiger partial charge on any atom is -0.399 e. The third-order valence-corrected chi connectivity index (χ3v) is 3.89. The van der Waals surface area contributed by atoms with Crippen molar-refractivity contribution in [2.75, 3.05) is 11.5 Å². The summed E-state index contributed by atoms with van der Waals surface area (Å²) >= 11 is 0. The Kier molecular flexibility index (Phi) is 2.73. The highest BCUT2D eigenvalue weighted by Crippen LogP contribution is 2.34. The number of pyridine rings is 1. The summed E-state index contributed by atoms with van der Waals surface area (Å²) in [5.74, 6) is 0. The SMILES string of the molecule is Nc1ccc2nc(-c3ccccc3)c3ccc(N)cc3c2c1. The fraction of sp³-hybridized carbons (Fsp3) is 0. The molecule has 4 N–H and O–H groups in total. The number of fused-ring (bicyclic) bond motifs is 3. The lowest BCUT2D eigenvalue weighted by molar-refractivity contribution is 1.43. The van der Waals surface area contributed by atoms with Gasteiger partial charge in [-0.25, -0.2) is 4.98 Å². The Hall–Kier alpha value is -3.07. The van der Waals surface area contributed by atoms with Gasteiger partial charge in [-0.3, -0.25) is 0 Å². The van der Waals surface area contributed by atoms with E-state index in [9.17, 15) is 0 Å². The Balaban J connectivity index is 2.19. The van der Waals surface area contributed by atoms with E-state index in [1.807, 2.05) is 54.6 Å². The number of anilines is 2. The lowest BCUT2D eigenvalue weighted by Crippen LogP contribution is -1.93. The summed E-state index contributed by atoms with van der Waals surface area (Å²) in [6.07, 6.45) is 0. The molecule has 0 saturated heterocycles. The van der Waals surface area contributed by atoms with Gasteiger partial charge in [0.05, 0.1) is 11.2 Å². The van der Waals surface area contributed by atoms with Gasteiger partial charge in [0.15, 0.2) is 0 Å². The predicted octanol–water partition coefficient (Wildman–Crippen LogP) is 4.22. The third-order valence-electron chi connectivity index (χ3n) is 3.89. The fourth-order valence-electron chi connectivity index (χ4n) is 2.85. The minimum absolute atomic E-state index is 0.727. The van der Waals surface area contributed by atoms with Gasteiger partial charge in [-0.2, -0.15) is 0 Å². The average Bonchev–Trinajstić information content (AvgIpc) is 2.55. The Bertz CT molecular complexity index is 992. The van der Waals surface area contributed by atoms with Crippen LogP contribution < -0.4 is 11.5 Å². The molecule has 0 unspecified atom stereocenters. The van der Waals surface area contributed by atoms with Gasteiger partial charge in [-0.1, -0.05) is 36.4 Å². The molecule has 4 rings (SSSR count). The zero-order chi connectivity index (χ0) is 15.1. The van der Waals surface area contributed by atoms with Crippen LogP contribution in [0.3, 0.4) is 0 Å². The highest BCUT2D eigenvalue weighted by Gasteiger charge is 2.10. The van der Waals surface area contributed by atoms with E-state index in [-0.39, 0.29) is 0 Å². The molecule has 4 aromatic rings. The molecular formula is C19H15N3. The molecule has 0 aliphatic heterocycles. The van der Waals surface area contributed by atoms with E-state index >= 15 is 0 Å². The fourth-order valence-corrected chi connectivity index (χ4v) is 2.85. The van der Waals surface area contributed by atoms with Gasteiger partial charge in [-0.15, -0.1) is 0 Å². The van der Waals surface area contributed by atoms with E-state index in [4.69, 9.17) is 16.5 Å².